The van der Waals surface area contributed by atoms with E-state index in [4.69, 9.17) is 15.2 Å². The Kier molecular flexibility index (Phi) is 6.37. The molecule has 31 heavy (non-hydrogen) atoms. The minimum Gasteiger partial charge on any atom is -0.465 e. The van der Waals surface area contributed by atoms with E-state index in [1.807, 2.05) is 0 Å². The summed E-state index contributed by atoms with van der Waals surface area (Å²) in [6.07, 6.45) is 10.9. The summed E-state index contributed by atoms with van der Waals surface area (Å²) in [5.41, 5.74) is 5.85. The molecule has 0 heterocycles. The Balaban J connectivity index is 1.56. The lowest BCUT2D eigenvalue weighted by Crippen LogP contribution is -2.59. The normalized spacial score (nSPS) is 46.2. The highest BCUT2D eigenvalue weighted by atomic mass is 16.5. The number of carbonyl (C=O) groups excluding carboxylic acids is 3. The third-order valence-electron chi connectivity index (χ3n) is 10.3. The molecule has 174 valence electrons. The lowest BCUT2D eigenvalue weighted by atomic mass is 9.44. The van der Waals surface area contributed by atoms with E-state index >= 15 is 0 Å². The quantitative estimate of drug-likeness (QED) is 0.584. The first-order chi connectivity index (χ1) is 14.8. The van der Waals surface area contributed by atoms with Gasteiger partial charge in [-0.25, -0.2) is 0 Å². The van der Waals surface area contributed by atoms with Crippen molar-refractivity contribution in [1.82, 2.24) is 0 Å². The molecule has 1 amide bonds. The SMILES string of the molecule is C[C@]12CC[C@@H](OC=O)C[C@H]1C[C@@H](OC=O)[C@@H]1[C@@H]2CC[C@]2(C)[C@@H](CCCC(N)=O)CC[C@@H]12. The highest BCUT2D eigenvalue weighted by molar-refractivity contribution is 5.73. The largest absolute Gasteiger partial charge is 0.465 e. The van der Waals surface area contributed by atoms with Crippen LogP contribution in [0.5, 0.6) is 0 Å². The van der Waals surface area contributed by atoms with Gasteiger partial charge in [0, 0.05) is 12.3 Å². The Morgan fingerprint density at radius 1 is 0.968 bits per heavy atom. The van der Waals surface area contributed by atoms with E-state index in [1.165, 1.54) is 25.7 Å². The van der Waals surface area contributed by atoms with Crippen molar-refractivity contribution in [2.24, 2.45) is 46.2 Å². The van der Waals surface area contributed by atoms with Crippen molar-refractivity contribution >= 4 is 18.9 Å². The van der Waals surface area contributed by atoms with Crippen LogP contribution in [0.25, 0.3) is 0 Å². The average Bonchev–Trinajstić information content (AvgIpc) is 3.05. The Bertz CT molecular complexity index is 697. The predicted octanol–water partition coefficient (Wildman–Crippen LogP) is 3.99. The van der Waals surface area contributed by atoms with Crippen molar-refractivity contribution in [3.63, 3.8) is 0 Å². The molecule has 0 bridgehead atoms. The molecule has 0 aromatic carbocycles. The van der Waals surface area contributed by atoms with E-state index in [0.29, 0.717) is 49.0 Å². The lowest BCUT2D eigenvalue weighted by Gasteiger charge is -2.62. The summed E-state index contributed by atoms with van der Waals surface area (Å²) in [7, 11) is 0. The van der Waals surface area contributed by atoms with Crippen LogP contribution in [0, 0.1) is 40.4 Å². The first-order valence-corrected chi connectivity index (χ1v) is 12.3. The maximum absolute atomic E-state index is 11.5. The summed E-state index contributed by atoms with van der Waals surface area (Å²) in [6, 6.07) is 0. The van der Waals surface area contributed by atoms with E-state index in [2.05, 4.69) is 13.8 Å². The van der Waals surface area contributed by atoms with Gasteiger partial charge in [-0.2, -0.15) is 0 Å². The second kappa shape index (κ2) is 8.74. The van der Waals surface area contributed by atoms with E-state index in [9.17, 15) is 14.4 Å². The molecule has 0 aromatic rings. The molecule has 6 heteroatoms. The van der Waals surface area contributed by atoms with Crippen LogP contribution < -0.4 is 5.73 Å². The second-order valence-electron chi connectivity index (χ2n) is 11.3. The Labute approximate surface area is 186 Å². The first kappa shape index (κ1) is 22.6. The highest BCUT2D eigenvalue weighted by Gasteiger charge is 2.63. The Morgan fingerprint density at radius 2 is 1.68 bits per heavy atom. The van der Waals surface area contributed by atoms with Gasteiger partial charge in [0.25, 0.3) is 12.9 Å². The van der Waals surface area contributed by atoms with Crippen LogP contribution in [0.4, 0.5) is 0 Å². The number of rotatable bonds is 8. The summed E-state index contributed by atoms with van der Waals surface area (Å²) in [6.45, 7) is 6.14. The van der Waals surface area contributed by atoms with Gasteiger partial charge in [-0.1, -0.05) is 13.8 Å². The van der Waals surface area contributed by atoms with Gasteiger partial charge in [-0.05, 0) is 98.7 Å². The number of fused-ring (bicyclic) bond motifs is 5. The first-order valence-electron chi connectivity index (χ1n) is 12.3. The van der Waals surface area contributed by atoms with Gasteiger partial charge in [0.05, 0.1) is 0 Å². The van der Waals surface area contributed by atoms with Crippen molar-refractivity contribution < 1.29 is 23.9 Å². The van der Waals surface area contributed by atoms with E-state index in [-0.39, 0.29) is 28.9 Å². The molecule has 4 saturated carbocycles. The summed E-state index contributed by atoms with van der Waals surface area (Å²) >= 11 is 0. The van der Waals surface area contributed by atoms with Gasteiger partial charge >= 0.3 is 0 Å². The second-order valence-corrected chi connectivity index (χ2v) is 11.3. The van der Waals surface area contributed by atoms with Crippen LogP contribution >= 0.6 is 0 Å². The molecule has 0 radical (unpaired) electrons. The summed E-state index contributed by atoms with van der Waals surface area (Å²) in [4.78, 5) is 33.6. The lowest BCUT2D eigenvalue weighted by molar-refractivity contribution is -0.189. The van der Waals surface area contributed by atoms with Crippen molar-refractivity contribution in [3.05, 3.63) is 0 Å². The van der Waals surface area contributed by atoms with Gasteiger partial charge in [0.15, 0.2) is 0 Å². The van der Waals surface area contributed by atoms with Crippen LogP contribution in [0.1, 0.15) is 84.5 Å². The van der Waals surface area contributed by atoms with Crippen LogP contribution in [-0.2, 0) is 23.9 Å². The third kappa shape index (κ3) is 3.89. The zero-order chi connectivity index (χ0) is 22.2. The maximum Gasteiger partial charge on any atom is 0.293 e. The molecular weight excluding hydrogens is 394 g/mol. The minimum absolute atomic E-state index is 0.000945. The Morgan fingerprint density at radius 3 is 2.39 bits per heavy atom. The molecule has 0 spiro atoms. The van der Waals surface area contributed by atoms with Crippen molar-refractivity contribution in [1.29, 1.82) is 0 Å². The topological polar surface area (TPSA) is 95.7 Å². The number of primary amides is 1. The maximum atomic E-state index is 11.5. The van der Waals surface area contributed by atoms with Crippen LogP contribution in [0.15, 0.2) is 0 Å². The number of hydrogen-bond donors (Lipinski definition) is 1. The molecule has 4 rings (SSSR count). The summed E-state index contributed by atoms with van der Waals surface area (Å²) in [5.74, 6) is 2.37. The monoisotopic (exact) mass is 433 g/mol. The molecule has 2 N–H and O–H groups in total. The number of carbonyl (C=O) groups is 3. The molecule has 9 atom stereocenters. The van der Waals surface area contributed by atoms with Gasteiger partial charge < -0.3 is 15.2 Å². The molecule has 4 aliphatic carbocycles. The fourth-order valence-electron chi connectivity index (χ4n) is 8.68. The number of nitrogens with two attached hydrogens (primary N) is 1. The van der Waals surface area contributed by atoms with E-state index in [0.717, 1.165) is 38.5 Å². The molecule has 4 fully saturated rings. The van der Waals surface area contributed by atoms with Gasteiger partial charge in [-0.3, -0.25) is 14.4 Å². The van der Waals surface area contributed by atoms with Crippen molar-refractivity contribution in [2.75, 3.05) is 0 Å². The molecular formula is C25H39NO5. The van der Waals surface area contributed by atoms with E-state index in [1.54, 1.807) is 0 Å². The van der Waals surface area contributed by atoms with Crippen LogP contribution in [0.2, 0.25) is 0 Å². The number of ether oxygens (including phenoxy) is 2. The number of hydrogen-bond acceptors (Lipinski definition) is 5. The van der Waals surface area contributed by atoms with Crippen LogP contribution in [0.3, 0.4) is 0 Å². The fourth-order valence-corrected chi connectivity index (χ4v) is 8.68. The summed E-state index contributed by atoms with van der Waals surface area (Å²) < 4.78 is 11.1. The van der Waals surface area contributed by atoms with E-state index < -0.39 is 0 Å². The standard InChI is InChI=1S/C25H39NO5/c1-24-11-9-20-23(19(24)7-6-16(24)4-3-5-22(26)29)21(31-15-28)13-17-12-18(30-14-27)8-10-25(17,20)2/h14-21,23H,3-13H2,1-2H3,(H2,26,29)/t16-,17-,18+,19-,20-,21+,23-,24+,25-/m0/s1. The fraction of sp³-hybridized carbons (Fsp3) is 0.880. The predicted molar refractivity (Wildman–Crippen MR) is 116 cm³/mol. The molecule has 6 nitrogen and oxygen atoms in total. The molecule has 0 aromatic heterocycles. The zero-order valence-electron chi connectivity index (χ0n) is 19.1. The zero-order valence-corrected chi connectivity index (χ0v) is 19.1. The smallest absolute Gasteiger partial charge is 0.293 e. The van der Waals surface area contributed by atoms with Gasteiger partial charge in [0.2, 0.25) is 5.91 Å². The Hall–Kier alpha value is -1.59. The molecule has 4 aliphatic rings. The third-order valence-corrected chi connectivity index (χ3v) is 10.3. The minimum atomic E-state index is -0.205. The molecule has 0 aliphatic heterocycles. The van der Waals surface area contributed by atoms with Crippen molar-refractivity contribution in [3.8, 4) is 0 Å². The summed E-state index contributed by atoms with van der Waals surface area (Å²) in [5, 5.41) is 0. The van der Waals surface area contributed by atoms with Crippen LogP contribution in [-0.4, -0.2) is 31.1 Å². The molecule has 0 unspecified atom stereocenters. The highest BCUT2D eigenvalue weighted by Crippen LogP contribution is 2.68. The average molecular weight is 434 g/mol. The van der Waals surface area contributed by atoms with Gasteiger partial charge in [0.1, 0.15) is 12.2 Å². The number of amides is 1. The van der Waals surface area contributed by atoms with Gasteiger partial charge in [-0.15, -0.1) is 0 Å². The van der Waals surface area contributed by atoms with Crippen molar-refractivity contribution in [2.45, 2.75) is 96.7 Å². The molecule has 0 saturated heterocycles.